The first kappa shape index (κ1) is 62.5. The number of rotatable bonds is 41. The number of carbonyl (C=O) groups excluding carboxylic acids is 1. The largest absolute Gasteiger partial charge is 0.457 e. The molecule has 398 valence electrons. The standard InChI is InChI=1S/C55H94O14/c1-3-5-7-9-11-13-15-17-19-21-22-23-24-26-28-30-32-34-36-38-47(57)67-44(41-64-39-37-35-33-31-29-27-25-20-18-16-14-12-10-8-6-4-2)42-65-54-53(63)51(61)49(59)46(69-54)43-66-55-52(62)50(60)48(58)45(40-56)68-55/h6,8,11-14,17-20,22-23,44-46,48-56,58-63H,3-5,7,9-10,15-16,21,24-43H2,1-2H3/b8-6-,13-11-,14-12-,19-17-,20-18-,23-22-. The highest BCUT2D eigenvalue weighted by atomic mass is 16.7. The monoisotopic (exact) mass is 979 g/mol. The number of esters is 1. The summed E-state index contributed by atoms with van der Waals surface area (Å²) in [4.78, 5) is 13.0. The lowest BCUT2D eigenvalue weighted by Gasteiger charge is -2.42. The molecular formula is C55H94O14. The van der Waals surface area contributed by atoms with E-state index in [1.165, 1.54) is 38.5 Å². The molecule has 0 aromatic heterocycles. The van der Waals surface area contributed by atoms with Crippen LogP contribution < -0.4 is 0 Å². The Bertz CT molecular complexity index is 1410. The molecule has 0 spiro atoms. The molecule has 0 aliphatic carbocycles. The van der Waals surface area contributed by atoms with Gasteiger partial charge in [0, 0.05) is 13.0 Å². The Morgan fingerprint density at radius 2 is 0.942 bits per heavy atom. The van der Waals surface area contributed by atoms with E-state index in [1.807, 2.05) is 0 Å². The van der Waals surface area contributed by atoms with Crippen molar-refractivity contribution in [1.29, 1.82) is 0 Å². The Kier molecular flexibility index (Phi) is 38.1. The van der Waals surface area contributed by atoms with Crippen molar-refractivity contribution in [3.05, 3.63) is 72.9 Å². The van der Waals surface area contributed by atoms with Crippen LogP contribution in [0.3, 0.4) is 0 Å². The average Bonchev–Trinajstić information content (AvgIpc) is 3.35. The number of unbranched alkanes of at least 4 members (excludes halogenated alkanes) is 15. The van der Waals surface area contributed by atoms with Crippen LogP contribution in [0.25, 0.3) is 0 Å². The number of aliphatic hydroxyl groups is 7. The number of allylic oxidation sites excluding steroid dienone is 12. The molecule has 0 aromatic carbocycles. The summed E-state index contributed by atoms with van der Waals surface area (Å²) < 4.78 is 34.3. The molecule has 14 heteroatoms. The van der Waals surface area contributed by atoms with E-state index < -0.39 is 86.7 Å². The summed E-state index contributed by atoms with van der Waals surface area (Å²) in [7, 11) is 0. The summed E-state index contributed by atoms with van der Waals surface area (Å²) in [5, 5.41) is 72.2. The predicted octanol–water partition coefficient (Wildman–Crippen LogP) is 8.29. The van der Waals surface area contributed by atoms with Gasteiger partial charge >= 0.3 is 5.97 Å². The molecule has 2 rings (SSSR count). The Morgan fingerprint density at radius 1 is 0.493 bits per heavy atom. The lowest BCUT2D eigenvalue weighted by molar-refractivity contribution is -0.332. The highest BCUT2D eigenvalue weighted by Gasteiger charge is 2.47. The van der Waals surface area contributed by atoms with E-state index in [9.17, 15) is 40.5 Å². The van der Waals surface area contributed by atoms with E-state index >= 15 is 0 Å². The molecule has 0 aromatic rings. The Hall–Kier alpha value is -2.57. The van der Waals surface area contributed by atoms with Crippen molar-refractivity contribution in [2.24, 2.45) is 0 Å². The van der Waals surface area contributed by atoms with Crippen molar-refractivity contribution in [3.8, 4) is 0 Å². The van der Waals surface area contributed by atoms with Crippen molar-refractivity contribution in [2.45, 2.75) is 235 Å². The molecule has 0 saturated carbocycles. The van der Waals surface area contributed by atoms with Crippen LogP contribution in [-0.4, -0.2) is 142 Å². The van der Waals surface area contributed by atoms with Gasteiger partial charge in [-0.3, -0.25) is 4.79 Å². The second-order valence-electron chi connectivity index (χ2n) is 18.3. The molecule has 2 aliphatic heterocycles. The van der Waals surface area contributed by atoms with Gasteiger partial charge in [0.25, 0.3) is 0 Å². The van der Waals surface area contributed by atoms with E-state index in [-0.39, 0.29) is 19.6 Å². The van der Waals surface area contributed by atoms with Crippen LogP contribution in [0.15, 0.2) is 72.9 Å². The van der Waals surface area contributed by atoms with Crippen LogP contribution in [0.5, 0.6) is 0 Å². The Balaban J connectivity index is 1.77. The maximum absolute atomic E-state index is 13.0. The summed E-state index contributed by atoms with van der Waals surface area (Å²) in [5.41, 5.74) is 0. The van der Waals surface area contributed by atoms with Crippen molar-refractivity contribution < 1.29 is 69.0 Å². The average molecular weight is 979 g/mol. The number of aliphatic hydroxyl groups excluding tert-OH is 7. The van der Waals surface area contributed by atoms with E-state index in [0.717, 1.165) is 103 Å². The van der Waals surface area contributed by atoms with Gasteiger partial charge in [0.2, 0.25) is 0 Å². The Morgan fingerprint density at radius 3 is 1.48 bits per heavy atom. The van der Waals surface area contributed by atoms with Crippen LogP contribution >= 0.6 is 0 Å². The third-order valence-corrected chi connectivity index (χ3v) is 12.2. The fourth-order valence-corrected chi connectivity index (χ4v) is 7.89. The fourth-order valence-electron chi connectivity index (χ4n) is 7.89. The molecule has 2 fully saturated rings. The van der Waals surface area contributed by atoms with Gasteiger partial charge in [-0.1, -0.05) is 151 Å². The molecule has 7 N–H and O–H groups in total. The number of ether oxygens (including phenoxy) is 6. The van der Waals surface area contributed by atoms with Gasteiger partial charge in [-0.25, -0.2) is 0 Å². The van der Waals surface area contributed by atoms with Crippen molar-refractivity contribution in [3.63, 3.8) is 0 Å². The maximum Gasteiger partial charge on any atom is 0.306 e. The lowest BCUT2D eigenvalue weighted by Crippen LogP contribution is -2.61. The van der Waals surface area contributed by atoms with Crippen LogP contribution in [0.2, 0.25) is 0 Å². The first-order valence-corrected chi connectivity index (χ1v) is 26.5. The molecule has 69 heavy (non-hydrogen) atoms. The lowest BCUT2D eigenvalue weighted by atomic mass is 9.98. The molecule has 0 amide bonds. The zero-order valence-electron chi connectivity index (χ0n) is 42.3. The van der Waals surface area contributed by atoms with Gasteiger partial charge in [-0.15, -0.1) is 0 Å². The van der Waals surface area contributed by atoms with E-state index in [2.05, 4.69) is 86.8 Å². The summed E-state index contributed by atoms with van der Waals surface area (Å²) in [6.07, 6.45) is 35.3. The van der Waals surface area contributed by atoms with Gasteiger partial charge in [0.15, 0.2) is 12.6 Å². The highest BCUT2D eigenvalue weighted by molar-refractivity contribution is 5.69. The zero-order valence-corrected chi connectivity index (χ0v) is 42.3. The van der Waals surface area contributed by atoms with Gasteiger partial charge in [-0.2, -0.15) is 0 Å². The van der Waals surface area contributed by atoms with E-state index in [4.69, 9.17) is 28.4 Å². The first-order chi connectivity index (χ1) is 33.6. The van der Waals surface area contributed by atoms with Crippen molar-refractivity contribution in [1.82, 2.24) is 0 Å². The maximum atomic E-state index is 13.0. The van der Waals surface area contributed by atoms with Gasteiger partial charge in [-0.05, 0) is 83.5 Å². The SMILES string of the molecule is CC/C=C\C/C=C\C/C=C\CCCCCCCCOCC(COC1OC(COC2OC(CO)C(O)C(O)C2O)C(O)C(O)C1O)OC(=O)CCCCCCCC/C=C\C/C=C\C/C=C\CCCCC. The molecule has 14 nitrogen and oxygen atoms in total. The second-order valence-corrected chi connectivity index (χ2v) is 18.3. The zero-order chi connectivity index (χ0) is 50.2. The van der Waals surface area contributed by atoms with Crippen LogP contribution in [0.1, 0.15) is 168 Å². The Labute approximate surface area is 415 Å². The quantitative estimate of drug-likeness (QED) is 0.0175. The van der Waals surface area contributed by atoms with Crippen LogP contribution in [0.4, 0.5) is 0 Å². The highest BCUT2D eigenvalue weighted by Crippen LogP contribution is 2.26. The van der Waals surface area contributed by atoms with Crippen molar-refractivity contribution in [2.75, 3.05) is 33.0 Å². The minimum atomic E-state index is -1.72. The summed E-state index contributed by atoms with van der Waals surface area (Å²) >= 11 is 0. The molecule has 0 bridgehead atoms. The minimum absolute atomic E-state index is 0.0433. The number of hydrogen-bond acceptors (Lipinski definition) is 14. The summed E-state index contributed by atoms with van der Waals surface area (Å²) in [6, 6.07) is 0. The smallest absolute Gasteiger partial charge is 0.306 e. The molecule has 2 aliphatic rings. The van der Waals surface area contributed by atoms with E-state index in [1.54, 1.807) is 0 Å². The summed E-state index contributed by atoms with van der Waals surface area (Å²) in [6.45, 7) is 3.49. The predicted molar refractivity (Wildman–Crippen MR) is 270 cm³/mol. The second kappa shape index (κ2) is 42.0. The molecule has 11 unspecified atom stereocenters. The van der Waals surface area contributed by atoms with Gasteiger partial charge in [0.1, 0.15) is 54.9 Å². The van der Waals surface area contributed by atoms with Crippen molar-refractivity contribution >= 4 is 5.97 Å². The van der Waals surface area contributed by atoms with Crippen LogP contribution in [-0.2, 0) is 33.2 Å². The molecule has 11 atom stereocenters. The third kappa shape index (κ3) is 29.5. The number of carbonyl (C=O) groups is 1. The minimum Gasteiger partial charge on any atom is -0.457 e. The van der Waals surface area contributed by atoms with Gasteiger partial charge in [0.05, 0.1) is 26.4 Å². The molecular weight excluding hydrogens is 885 g/mol. The normalized spacial score (nSPS) is 26.3. The fraction of sp³-hybridized carbons (Fsp3) is 0.764. The third-order valence-electron chi connectivity index (χ3n) is 12.2. The van der Waals surface area contributed by atoms with E-state index in [0.29, 0.717) is 13.0 Å². The van der Waals surface area contributed by atoms with Crippen LogP contribution in [0, 0.1) is 0 Å². The molecule has 2 saturated heterocycles. The molecule has 0 radical (unpaired) electrons. The summed E-state index contributed by atoms with van der Waals surface area (Å²) in [5.74, 6) is -0.396. The molecule has 2 heterocycles. The van der Waals surface area contributed by atoms with Gasteiger partial charge < -0.3 is 64.2 Å². The number of hydrogen-bond donors (Lipinski definition) is 7. The topological polar surface area (TPSA) is 214 Å². The first-order valence-electron chi connectivity index (χ1n) is 26.5.